The Kier molecular flexibility index (Phi) is 6.06. The lowest BCUT2D eigenvalue weighted by atomic mass is 10.0. The van der Waals surface area contributed by atoms with Gasteiger partial charge in [-0.3, -0.25) is 9.52 Å². The molecule has 156 valence electrons. The van der Waals surface area contributed by atoms with Crippen molar-refractivity contribution in [1.29, 1.82) is 0 Å². The first-order valence-corrected chi connectivity index (χ1v) is 12.1. The van der Waals surface area contributed by atoms with Gasteiger partial charge in [0.05, 0.1) is 0 Å². The number of hydrogen-bond donors (Lipinski definition) is 2. The van der Waals surface area contributed by atoms with Crippen molar-refractivity contribution in [2.24, 2.45) is 0 Å². The fourth-order valence-corrected chi connectivity index (χ4v) is 5.60. The van der Waals surface area contributed by atoms with Crippen LogP contribution >= 0.6 is 11.3 Å². The zero-order valence-electron chi connectivity index (χ0n) is 16.3. The van der Waals surface area contributed by atoms with Crippen LogP contribution in [0.5, 0.6) is 0 Å². The van der Waals surface area contributed by atoms with Crippen LogP contribution in [0.3, 0.4) is 0 Å². The highest BCUT2D eigenvalue weighted by molar-refractivity contribution is 7.94. The number of nitrogens with zero attached hydrogens (tertiary/aromatic N) is 1. The first kappa shape index (κ1) is 20.4. The maximum absolute atomic E-state index is 12.7. The minimum atomic E-state index is -3.60. The zero-order chi connectivity index (χ0) is 21.0. The second-order valence-electron chi connectivity index (χ2n) is 7.21. The van der Waals surface area contributed by atoms with E-state index in [9.17, 15) is 13.2 Å². The number of piperidine rings is 1. The summed E-state index contributed by atoms with van der Waals surface area (Å²) < 4.78 is 27.4. The summed E-state index contributed by atoms with van der Waals surface area (Å²) in [5, 5.41) is 4.82. The number of nitrogens with one attached hydrogen (secondary N) is 2. The molecule has 2 aromatic carbocycles. The summed E-state index contributed by atoms with van der Waals surface area (Å²) in [4.78, 5) is 15.0. The molecule has 1 saturated heterocycles. The topological polar surface area (TPSA) is 78.5 Å². The van der Waals surface area contributed by atoms with Gasteiger partial charge in [0.1, 0.15) is 4.21 Å². The number of thiophene rings is 1. The third kappa shape index (κ3) is 4.83. The Morgan fingerprint density at radius 2 is 1.77 bits per heavy atom. The van der Waals surface area contributed by atoms with Crippen LogP contribution in [0.2, 0.25) is 0 Å². The number of hydrogen-bond acceptors (Lipinski definition) is 5. The minimum absolute atomic E-state index is 0.0727. The largest absolute Gasteiger partial charge is 0.369 e. The number of benzene rings is 2. The van der Waals surface area contributed by atoms with Crippen LogP contribution in [0.4, 0.5) is 11.4 Å². The zero-order valence-corrected chi connectivity index (χ0v) is 18.0. The van der Waals surface area contributed by atoms with Gasteiger partial charge in [-0.25, -0.2) is 8.42 Å². The Bertz CT molecular complexity index is 1080. The lowest BCUT2D eigenvalue weighted by Crippen LogP contribution is -2.47. The Labute approximate surface area is 180 Å². The van der Waals surface area contributed by atoms with E-state index in [1.54, 1.807) is 41.8 Å². The van der Waals surface area contributed by atoms with Crippen LogP contribution in [0.1, 0.15) is 23.2 Å². The molecule has 30 heavy (non-hydrogen) atoms. The van der Waals surface area contributed by atoms with E-state index in [0.717, 1.165) is 37.3 Å². The maximum Gasteiger partial charge on any atom is 0.271 e. The van der Waals surface area contributed by atoms with E-state index < -0.39 is 10.0 Å². The van der Waals surface area contributed by atoms with Crippen LogP contribution in [0.25, 0.3) is 0 Å². The standard InChI is InChI=1S/C22H23N3O3S2/c26-22(23-19-6-4-14-25(16-19)20-7-2-1-3-8-20)17-10-12-18(13-11-17)24-30(27,28)21-9-5-15-29-21/h1-3,5,7-13,15,19,24H,4,6,14,16H2,(H,23,26). The van der Waals surface area contributed by atoms with Crippen LogP contribution in [0.15, 0.2) is 76.3 Å². The molecule has 1 aromatic heterocycles. The van der Waals surface area contributed by atoms with Gasteiger partial charge in [0.2, 0.25) is 0 Å². The van der Waals surface area contributed by atoms with E-state index in [0.29, 0.717) is 11.3 Å². The summed E-state index contributed by atoms with van der Waals surface area (Å²) in [7, 11) is -3.60. The molecule has 2 heterocycles. The molecule has 4 rings (SSSR count). The van der Waals surface area contributed by atoms with Gasteiger partial charge in [-0.1, -0.05) is 24.3 Å². The molecule has 1 aliphatic heterocycles. The number of amides is 1. The highest BCUT2D eigenvalue weighted by atomic mass is 32.2. The van der Waals surface area contributed by atoms with Crippen LogP contribution in [0, 0.1) is 0 Å². The molecule has 1 fully saturated rings. The summed E-state index contributed by atoms with van der Waals surface area (Å²) in [6, 6.07) is 20.0. The van der Waals surface area contributed by atoms with Crippen molar-refractivity contribution in [2.75, 3.05) is 22.7 Å². The van der Waals surface area contributed by atoms with Crippen molar-refractivity contribution in [3.63, 3.8) is 0 Å². The Morgan fingerprint density at radius 3 is 2.47 bits per heavy atom. The maximum atomic E-state index is 12.7. The summed E-state index contributed by atoms with van der Waals surface area (Å²) in [6.45, 7) is 1.75. The Hall–Kier alpha value is -2.84. The first-order chi connectivity index (χ1) is 14.5. The average Bonchev–Trinajstić information content (AvgIpc) is 3.31. The average molecular weight is 442 g/mol. The summed E-state index contributed by atoms with van der Waals surface area (Å²) in [5.41, 5.74) is 2.10. The van der Waals surface area contributed by atoms with Crippen molar-refractivity contribution >= 4 is 38.6 Å². The smallest absolute Gasteiger partial charge is 0.271 e. The predicted molar refractivity (Wildman–Crippen MR) is 121 cm³/mol. The van der Waals surface area contributed by atoms with E-state index in [-0.39, 0.29) is 16.2 Å². The fraction of sp³-hybridized carbons (Fsp3) is 0.227. The van der Waals surface area contributed by atoms with Gasteiger partial charge in [-0.2, -0.15) is 0 Å². The highest BCUT2D eigenvalue weighted by Crippen LogP contribution is 2.22. The second kappa shape index (κ2) is 8.89. The Balaban J connectivity index is 1.37. The summed E-state index contributed by atoms with van der Waals surface area (Å²) in [5.74, 6) is -0.150. The highest BCUT2D eigenvalue weighted by Gasteiger charge is 2.22. The number of para-hydroxylation sites is 1. The lowest BCUT2D eigenvalue weighted by Gasteiger charge is -2.34. The van der Waals surface area contributed by atoms with Gasteiger partial charge in [0.25, 0.3) is 15.9 Å². The molecule has 8 heteroatoms. The second-order valence-corrected chi connectivity index (χ2v) is 10.1. The summed E-state index contributed by atoms with van der Waals surface area (Å²) in [6.07, 6.45) is 1.96. The minimum Gasteiger partial charge on any atom is -0.369 e. The SMILES string of the molecule is O=C(NC1CCCN(c2ccccc2)C1)c1ccc(NS(=O)(=O)c2cccs2)cc1. The monoisotopic (exact) mass is 441 g/mol. The molecule has 2 N–H and O–H groups in total. The number of sulfonamides is 1. The normalized spacial score (nSPS) is 16.8. The van der Waals surface area contributed by atoms with Gasteiger partial charge in [-0.15, -0.1) is 11.3 Å². The molecular weight excluding hydrogens is 418 g/mol. The molecule has 1 aliphatic rings. The van der Waals surface area contributed by atoms with Gasteiger partial charge in [0, 0.05) is 36.1 Å². The van der Waals surface area contributed by atoms with E-state index in [2.05, 4.69) is 27.1 Å². The van der Waals surface area contributed by atoms with Crippen molar-refractivity contribution in [2.45, 2.75) is 23.1 Å². The van der Waals surface area contributed by atoms with E-state index in [1.165, 1.54) is 5.69 Å². The van der Waals surface area contributed by atoms with Crippen LogP contribution < -0.4 is 14.9 Å². The summed E-state index contributed by atoms with van der Waals surface area (Å²) >= 11 is 1.16. The Morgan fingerprint density at radius 1 is 1.00 bits per heavy atom. The van der Waals surface area contributed by atoms with Crippen molar-refractivity contribution in [1.82, 2.24) is 5.32 Å². The molecule has 0 bridgehead atoms. The molecule has 1 atom stereocenters. The fourth-order valence-electron chi connectivity index (χ4n) is 3.55. The van der Waals surface area contributed by atoms with Gasteiger partial charge < -0.3 is 10.2 Å². The van der Waals surface area contributed by atoms with E-state index in [4.69, 9.17) is 0 Å². The predicted octanol–water partition coefficient (Wildman–Crippen LogP) is 3.95. The van der Waals surface area contributed by atoms with Crippen LogP contribution in [-0.4, -0.2) is 33.5 Å². The molecule has 0 saturated carbocycles. The number of carbonyl (C=O) groups is 1. The van der Waals surface area contributed by atoms with Crippen LogP contribution in [-0.2, 0) is 10.0 Å². The van der Waals surface area contributed by atoms with Gasteiger partial charge in [0.15, 0.2) is 0 Å². The molecule has 0 aliphatic carbocycles. The molecule has 3 aromatic rings. The molecular formula is C22H23N3O3S2. The molecule has 6 nitrogen and oxygen atoms in total. The van der Waals surface area contributed by atoms with Crippen molar-refractivity contribution in [3.8, 4) is 0 Å². The van der Waals surface area contributed by atoms with Crippen molar-refractivity contribution < 1.29 is 13.2 Å². The molecule has 1 amide bonds. The molecule has 0 spiro atoms. The quantitative estimate of drug-likeness (QED) is 0.607. The van der Waals surface area contributed by atoms with E-state index >= 15 is 0 Å². The van der Waals surface area contributed by atoms with Gasteiger partial charge in [-0.05, 0) is 60.7 Å². The molecule has 0 radical (unpaired) electrons. The number of rotatable bonds is 6. The van der Waals surface area contributed by atoms with Crippen molar-refractivity contribution in [3.05, 3.63) is 77.7 Å². The number of carbonyl (C=O) groups excluding carboxylic acids is 1. The third-order valence-electron chi connectivity index (χ3n) is 5.04. The third-order valence-corrected chi connectivity index (χ3v) is 7.82. The lowest BCUT2D eigenvalue weighted by molar-refractivity contribution is 0.0933. The number of anilines is 2. The van der Waals surface area contributed by atoms with E-state index in [1.807, 2.05) is 18.2 Å². The van der Waals surface area contributed by atoms with Gasteiger partial charge >= 0.3 is 0 Å². The molecule has 1 unspecified atom stereocenters. The first-order valence-electron chi connectivity index (χ1n) is 9.78.